The van der Waals surface area contributed by atoms with Gasteiger partial charge in [-0.25, -0.2) is 0 Å². The van der Waals surface area contributed by atoms with E-state index in [1.54, 1.807) is 6.07 Å². The van der Waals surface area contributed by atoms with E-state index >= 15 is 0 Å². The number of hydrogen-bond acceptors (Lipinski definition) is 3. The highest BCUT2D eigenvalue weighted by Gasteiger charge is 2.18. The lowest BCUT2D eigenvalue weighted by molar-refractivity contribution is 0.102. The van der Waals surface area contributed by atoms with E-state index in [0.717, 1.165) is 41.8 Å². The molecule has 0 aromatic heterocycles. The minimum absolute atomic E-state index is 0. The van der Waals surface area contributed by atoms with Crippen molar-refractivity contribution in [2.45, 2.75) is 18.9 Å². The van der Waals surface area contributed by atoms with Crippen LogP contribution in [0.4, 0.5) is 5.69 Å². The second-order valence-electron chi connectivity index (χ2n) is 6.08. The number of halogens is 2. The lowest BCUT2D eigenvalue weighted by Crippen LogP contribution is -2.35. The lowest BCUT2D eigenvalue weighted by Gasteiger charge is -2.29. The fourth-order valence-electron chi connectivity index (χ4n) is 2.79. The summed E-state index contributed by atoms with van der Waals surface area (Å²) in [6.07, 6.45) is 2.31. The summed E-state index contributed by atoms with van der Waals surface area (Å²) in [5.41, 5.74) is 1.35. The molecule has 1 aliphatic rings. The second-order valence-corrected chi connectivity index (χ2v) is 6.94. The minimum Gasteiger partial charge on any atom is -0.490 e. The third-order valence-corrected chi connectivity index (χ3v) is 4.87. The molecule has 0 aliphatic carbocycles. The van der Waals surface area contributed by atoms with Gasteiger partial charge < -0.3 is 15.0 Å². The molecule has 0 bridgehead atoms. The molecule has 1 fully saturated rings. The molecule has 4 nitrogen and oxygen atoms in total. The number of carbonyl (C=O) groups is 1. The molecule has 0 radical (unpaired) electrons. The Labute approximate surface area is 163 Å². The molecular weight excluding hydrogens is 404 g/mol. The van der Waals surface area contributed by atoms with Gasteiger partial charge in [-0.05, 0) is 60.1 Å². The monoisotopic (exact) mass is 424 g/mol. The van der Waals surface area contributed by atoms with Crippen molar-refractivity contribution in [2.24, 2.45) is 0 Å². The van der Waals surface area contributed by atoms with Gasteiger partial charge in [-0.2, -0.15) is 0 Å². The van der Waals surface area contributed by atoms with Crippen LogP contribution in [0.25, 0.3) is 0 Å². The molecule has 2 aromatic carbocycles. The molecule has 1 saturated heterocycles. The first-order valence-corrected chi connectivity index (χ1v) is 8.92. The van der Waals surface area contributed by atoms with Gasteiger partial charge in [0.05, 0.1) is 5.56 Å². The number of anilines is 1. The van der Waals surface area contributed by atoms with Gasteiger partial charge in [-0.3, -0.25) is 4.79 Å². The van der Waals surface area contributed by atoms with Crippen molar-refractivity contribution < 1.29 is 9.53 Å². The first kappa shape index (κ1) is 19.8. The van der Waals surface area contributed by atoms with Crippen LogP contribution >= 0.6 is 28.3 Å². The highest BCUT2D eigenvalue weighted by atomic mass is 79.9. The number of hydrogen-bond donors (Lipinski definition) is 1. The van der Waals surface area contributed by atoms with Gasteiger partial charge in [0, 0.05) is 29.3 Å². The number of amides is 1. The molecule has 2 aromatic rings. The van der Waals surface area contributed by atoms with Gasteiger partial charge in [-0.1, -0.05) is 18.2 Å². The number of carbonyl (C=O) groups excluding carboxylic acids is 1. The Balaban J connectivity index is 0.00000225. The summed E-state index contributed by atoms with van der Waals surface area (Å²) < 4.78 is 6.85. The van der Waals surface area contributed by atoms with E-state index in [2.05, 4.69) is 33.2 Å². The molecule has 0 unspecified atom stereocenters. The maximum atomic E-state index is 12.4. The minimum atomic E-state index is -0.140. The zero-order chi connectivity index (χ0) is 16.9. The molecule has 1 aliphatic heterocycles. The number of piperidine rings is 1. The molecule has 134 valence electrons. The summed E-state index contributed by atoms with van der Waals surface area (Å²) in [4.78, 5) is 14.7. The molecule has 1 N–H and O–H groups in total. The lowest BCUT2D eigenvalue weighted by atomic mass is 10.1. The highest BCUT2D eigenvalue weighted by molar-refractivity contribution is 9.10. The van der Waals surface area contributed by atoms with Crippen molar-refractivity contribution in [2.75, 3.05) is 25.5 Å². The first-order chi connectivity index (χ1) is 11.6. The quantitative estimate of drug-likeness (QED) is 0.778. The normalized spacial score (nSPS) is 15.3. The predicted octanol–water partition coefficient (Wildman–Crippen LogP) is 4.60. The SMILES string of the molecule is CN1CCC(Oc2cccc(NC(=O)c3ccccc3Br)c2)CC1.Cl. The zero-order valence-corrected chi connectivity index (χ0v) is 16.5. The van der Waals surface area contributed by atoms with Gasteiger partial charge >= 0.3 is 0 Å². The maximum absolute atomic E-state index is 12.4. The van der Waals surface area contributed by atoms with E-state index in [1.165, 1.54) is 0 Å². The van der Waals surface area contributed by atoms with Crippen LogP contribution in [0.2, 0.25) is 0 Å². The Bertz CT molecular complexity index is 718. The Morgan fingerprint density at radius 1 is 1.16 bits per heavy atom. The number of benzene rings is 2. The number of nitrogens with zero attached hydrogens (tertiary/aromatic N) is 1. The molecule has 1 heterocycles. The van der Waals surface area contributed by atoms with Crippen molar-refractivity contribution in [1.29, 1.82) is 0 Å². The van der Waals surface area contributed by atoms with Crippen LogP contribution in [-0.2, 0) is 0 Å². The van der Waals surface area contributed by atoms with E-state index in [1.807, 2.05) is 42.5 Å². The van der Waals surface area contributed by atoms with Crippen molar-refractivity contribution in [3.05, 3.63) is 58.6 Å². The van der Waals surface area contributed by atoms with Crippen molar-refractivity contribution in [3.8, 4) is 5.75 Å². The Kier molecular flexibility index (Phi) is 7.29. The summed E-state index contributed by atoms with van der Waals surface area (Å²) in [5.74, 6) is 0.661. The van der Waals surface area contributed by atoms with Crippen LogP contribution in [0, 0.1) is 0 Å². The number of likely N-dealkylation sites (tertiary alicyclic amines) is 1. The van der Waals surface area contributed by atoms with Crippen LogP contribution in [-0.4, -0.2) is 37.0 Å². The van der Waals surface area contributed by atoms with Crippen molar-refractivity contribution in [1.82, 2.24) is 4.90 Å². The topological polar surface area (TPSA) is 41.6 Å². The fraction of sp³-hybridized carbons (Fsp3) is 0.316. The number of nitrogens with one attached hydrogen (secondary N) is 1. The number of rotatable bonds is 4. The largest absolute Gasteiger partial charge is 0.490 e. The summed E-state index contributed by atoms with van der Waals surface area (Å²) >= 11 is 3.41. The van der Waals surface area contributed by atoms with Crippen LogP contribution < -0.4 is 10.1 Å². The molecule has 25 heavy (non-hydrogen) atoms. The third kappa shape index (κ3) is 5.46. The van der Waals surface area contributed by atoms with Crippen LogP contribution in [0.5, 0.6) is 5.75 Å². The van der Waals surface area contributed by atoms with E-state index in [4.69, 9.17) is 4.74 Å². The standard InChI is InChI=1S/C19H21BrN2O2.ClH/c1-22-11-9-15(10-12-22)24-16-6-4-5-14(13-16)21-19(23)17-7-2-3-8-18(17)20;/h2-8,13,15H,9-12H2,1H3,(H,21,23);1H. The van der Waals surface area contributed by atoms with Gasteiger partial charge in [0.25, 0.3) is 5.91 Å². The first-order valence-electron chi connectivity index (χ1n) is 8.13. The van der Waals surface area contributed by atoms with Crippen molar-refractivity contribution >= 4 is 39.9 Å². The highest BCUT2D eigenvalue weighted by Crippen LogP contribution is 2.23. The van der Waals surface area contributed by atoms with Gasteiger partial charge in [-0.15, -0.1) is 12.4 Å². The summed E-state index contributed by atoms with van der Waals surface area (Å²) in [5, 5.41) is 2.93. The summed E-state index contributed by atoms with van der Waals surface area (Å²) in [7, 11) is 2.13. The Morgan fingerprint density at radius 2 is 1.88 bits per heavy atom. The third-order valence-electron chi connectivity index (χ3n) is 4.18. The zero-order valence-electron chi connectivity index (χ0n) is 14.1. The van der Waals surface area contributed by atoms with E-state index in [-0.39, 0.29) is 24.4 Å². The maximum Gasteiger partial charge on any atom is 0.256 e. The van der Waals surface area contributed by atoms with Crippen LogP contribution in [0.3, 0.4) is 0 Å². The molecule has 6 heteroatoms. The molecule has 1 amide bonds. The molecule has 0 spiro atoms. The Hall–Kier alpha value is -1.56. The molecule has 0 atom stereocenters. The van der Waals surface area contributed by atoms with E-state index in [9.17, 15) is 4.79 Å². The molecule has 3 rings (SSSR count). The van der Waals surface area contributed by atoms with Gasteiger partial charge in [0.15, 0.2) is 0 Å². The summed E-state index contributed by atoms with van der Waals surface area (Å²) in [6.45, 7) is 2.12. The van der Waals surface area contributed by atoms with Gasteiger partial charge in [0.2, 0.25) is 0 Å². The molecular formula is C19H22BrClN2O2. The fourth-order valence-corrected chi connectivity index (χ4v) is 3.25. The molecule has 0 saturated carbocycles. The average molecular weight is 426 g/mol. The summed E-state index contributed by atoms with van der Waals surface area (Å²) in [6, 6.07) is 15.0. The van der Waals surface area contributed by atoms with E-state index < -0.39 is 0 Å². The van der Waals surface area contributed by atoms with E-state index in [0.29, 0.717) is 5.56 Å². The predicted molar refractivity (Wildman–Crippen MR) is 107 cm³/mol. The van der Waals surface area contributed by atoms with Crippen LogP contribution in [0.15, 0.2) is 53.0 Å². The smallest absolute Gasteiger partial charge is 0.256 e. The second kappa shape index (κ2) is 9.22. The van der Waals surface area contributed by atoms with Gasteiger partial charge in [0.1, 0.15) is 11.9 Å². The number of ether oxygens (including phenoxy) is 1. The average Bonchev–Trinajstić information content (AvgIpc) is 2.58. The van der Waals surface area contributed by atoms with Crippen LogP contribution in [0.1, 0.15) is 23.2 Å². The van der Waals surface area contributed by atoms with Crippen molar-refractivity contribution in [3.63, 3.8) is 0 Å². The Morgan fingerprint density at radius 3 is 2.60 bits per heavy atom.